The lowest BCUT2D eigenvalue weighted by Crippen LogP contribution is -2.28. The van der Waals surface area contributed by atoms with Crippen molar-refractivity contribution in [1.29, 1.82) is 0 Å². The molecule has 4 rings (SSSR count). The van der Waals surface area contributed by atoms with Gasteiger partial charge in [-0.15, -0.1) is 0 Å². The van der Waals surface area contributed by atoms with Crippen molar-refractivity contribution in [3.05, 3.63) is 83.4 Å². The zero-order chi connectivity index (χ0) is 21.3. The number of aryl methyl sites for hydroxylation is 3. The normalized spacial score (nSPS) is 11.8. The number of nitrogens with zero attached hydrogens (tertiary/aromatic N) is 2. The summed E-state index contributed by atoms with van der Waals surface area (Å²) < 4.78 is 30.8. The van der Waals surface area contributed by atoms with Gasteiger partial charge < -0.3 is 4.57 Å². The third kappa shape index (κ3) is 3.88. The molecule has 30 heavy (non-hydrogen) atoms. The zero-order valence-electron chi connectivity index (χ0n) is 17.4. The first-order valence-electron chi connectivity index (χ1n) is 9.95. The fourth-order valence-electron chi connectivity index (χ4n) is 4.06. The summed E-state index contributed by atoms with van der Waals surface area (Å²) in [6.07, 6.45) is 0. The maximum absolute atomic E-state index is 13.0. The predicted octanol–water partition coefficient (Wildman–Crippen LogP) is 4.61. The van der Waals surface area contributed by atoms with Crippen molar-refractivity contribution in [2.75, 3.05) is 6.54 Å². The van der Waals surface area contributed by atoms with Crippen molar-refractivity contribution < 1.29 is 8.42 Å². The van der Waals surface area contributed by atoms with Crippen LogP contribution >= 0.6 is 0 Å². The van der Waals surface area contributed by atoms with Crippen LogP contribution in [-0.2, 0) is 16.6 Å². The highest BCUT2D eigenvalue weighted by atomic mass is 32.2. The van der Waals surface area contributed by atoms with E-state index in [1.807, 2.05) is 87.5 Å². The molecule has 0 spiro atoms. The number of para-hydroxylation sites is 2. The standard InChI is InChI=1S/C24H25N3O2S/c1-17-15-18(2)23(19(3)16-17)30(28,29)25-13-14-27-22-12-8-7-11-21(22)26-24(27)20-9-5-4-6-10-20/h4-12,15-16,25H,13-14H2,1-3H3. The first kappa shape index (κ1) is 20.3. The second-order valence-corrected chi connectivity index (χ2v) is 9.27. The minimum absolute atomic E-state index is 0.273. The monoisotopic (exact) mass is 419 g/mol. The SMILES string of the molecule is Cc1cc(C)c(S(=O)(=O)NCCn2c(-c3ccccc3)nc3ccccc32)c(C)c1. The van der Waals surface area contributed by atoms with E-state index in [9.17, 15) is 8.42 Å². The van der Waals surface area contributed by atoms with Gasteiger partial charge in [-0.25, -0.2) is 18.1 Å². The molecule has 5 nitrogen and oxygen atoms in total. The van der Waals surface area contributed by atoms with Gasteiger partial charge in [0.25, 0.3) is 0 Å². The summed E-state index contributed by atoms with van der Waals surface area (Å²) in [5, 5.41) is 0. The van der Waals surface area contributed by atoms with E-state index < -0.39 is 10.0 Å². The third-order valence-electron chi connectivity index (χ3n) is 5.19. The van der Waals surface area contributed by atoms with E-state index in [1.165, 1.54) is 0 Å². The maximum atomic E-state index is 13.0. The molecule has 0 amide bonds. The molecule has 0 fully saturated rings. The molecule has 0 radical (unpaired) electrons. The van der Waals surface area contributed by atoms with E-state index in [0.29, 0.717) is 11.4 Å². The summed E-state index contributed by atoms with van der Waals surface area (Å²) in [6.45, 7) is 6.40. The van der Waals surface area contributed by atoms with Gasteiger partial charge in [-0.2, -0.15) is 0 Å². The highest BCUT2D eigenvalue weighted by Crippen LogP contribution is 2.25. The largest absolute Gasteiger partial charge is 0.323 e. The summed E-state index contributed by atoms with van der Waals surface area (Å²) in [5.41, 5.74) is 5.46. The van der Waals surface area contributed by atoms with Crippen LogP contribution in [0.5, 0.6) is 0 Å². The molecule has 1 aromatic heterocycles. The van der Waals surface area contributed by atoms with Crippen molar-refractivity contribution >= 4 is 21.1 Å². The number of benzene rings is 3. The second kappa shape index (κ2) is 8.05. The Balaban J connectivity index is 1.63. The van der Waals surface area contributed by atoms with Gasteiger partial charge in [-0.05, 0) is 44.0 Å². The molecule has 0 aliphatic heterocycles. The highest BCUT2D eigenvalue weighted by Gasteiger charge is 2.20. The fourth-order valence-corrected chi connectivity index (χ4v) is 5.53. The molecule has 0 saturated carbocycles. The predicted molar refractivity (Wildman–Crippen MR) is 121 cm³/mol. The zero-order valence-corrected chi connectivity index (χ0v) is 18.2. The molecular formula is C24H25N3O2S. The molecule has 0 bridgehead atoms. The van der Waals surface area contributed by atoms with E-state index >= 15 is 0 Å². The number of aromatic nitrogens is 2. The molecule has 3 aromatic carbocycles. The first-order chi connectivity index (χ1) is 14.4. The molecule has 4 aromatic rings. The van der Waals surface area contributed by atoms with Gasteiger partial charge in [-0.3, -0.25) is 0 Å². The van der Waals surface area contributed by atoms with Gasteiger partial charge in [-0.1, -0.05) is 60.2 Å². The van der Waals surface area contributed by atoms with Gasteiger partial charge in [0.1, 0.15) is 5.82 Å². The Kier molecular flexibility index (Phi) is 5.45. The average Bonchev–Trinajstić information content (AvgIpc) is 3.06. The van der Waals surface area contributed by atoms with Crippen LogP contribution in [0.1, 0.15) is 16.7 Å². The lowest BCUT2D eigenvalue weighted by Gasteiger charge is -2.14. The van der Waals surface area contributed by atoms with E-state index in [2.05, 4.69) is 9.29 Å². The highest BCUT2D eigenvalue weighted by molar-refractivity contribution is 7.89. The van der Waals surface area contributed by atoms with Crippen molar-refractivity contribution in [2.45, 2.75) is 32.2 Å². The quantitative estimate of drug-likeness (QED) is 0.496. The molecule has 0 atom stereocenters. The summed E-state index contributed by atoms with van der Waals surface area (Å²) in [6, 6.07) is 21.7. The van der Waals surface area contributed by atoms with Crippen LogP contribution in [0, 0.1) is 20.8 Å². The van der Waals surface area contributed by atoms with E-state index in [4.69, 9.17) is 4.98 Å². The van der Waals surface area contributed by atoms with Gasteiger partial charge in [0.15, 0.2) is 0 Å². The van der Waals surface area contributed by atoms with Gasteiger partial charge in [0.05, 0.1) is 15.9 Å². The fraction of sp³-hybridized carbons (Fsp3) is 0.208. The van der Waals surface area contributed by atoms with Crippen LogP contribution in [-0.4, -0.2) is 24.5 Å². The number of hydrogen-bond acceptors (Lipinski definition) is 3. The Morgan fingerprint density at radius 3 is 2.23 bits per heavy atom. The Hall–Kier alpha value is -2.96. The number of imidazole rings is 1. The Morgan fingerprint density at radius 2 is 1.53 bits per heavy atom. The van der Waals surface area contributed by atoms with Crippen molar-refractivity contribution in [1.82, 2.24) is 14.3 Å². The van der Waals surface area contributed by atoms with Gasteiger partial charge in [0, 0.05) is 18.7 Å². The molecule has 1 N–H and O–H groups in total. The molecule has 154 valence electrons. The Labute approximate surface area is 177 Å². The molecule has 6 heteroatoms. The molecule has 0 unspecified atom stereocenters. The molecular weight excluding hydrogens is 394 g/mol. The first-order valence-corrected chi connectivity index (χ1v) is 11.4. The summed E-state index contributed by atoms with van der Waals surface area (Å²) in [7, 11) is -3.61. The van der Waals surface area contributed by atoms with Crippen molar-refractivity contribution in [3.63, 3.8) is 0 Å². The van der Waals surface area contributed by atoms with E-state index in [1.54, 1.807) is 0 Å². The summed E-state index contributed by atoms with van der Waals surface area (Å²) in [4.78, 5) is 5.15. The minimum Gasteiger partial charge on any atom is -0.323 e. The molecule has 0 aliphatic carbocycles. The van der Waals surface area contributed by atoms with Gasteiger partial charge in [0.2, 0.25) is 10.0 Å². The van der Waals surface area contributed by atoms with Crippen LogP contribution in [0.4, 0.5) is 0 Å². The van der Waals surface area contributed by atoms with Crippen LogP contribution in [0.15, 0.2) is 71.6 Å². The lowest BCUT2D eigenvalue weighted by atomic mass is 10.1. The number of sulfonamides is 1. The molecule has 0 saturated heterocycles. The maximum Gasteiger partial charge on any atom is 0.241 e. The Morgan fingerprint density at radius 1 is 0.900 bits per heavy atom. The Bertz CT molecular complexity index is 1290. The minimum atomic E-state index is -3.61. The summed E-state index contributed by atoms with van der Waals surface area (Å²) in [5.74, 6) is 0.832. The average molecular weight is 420 g/mol. The number of fused-ring (bicyclic) bond motifs is 1. The number of rotatable bonds is 6. The van der Waals surface area contributed by atoms with Crippen molar-refractivity contribution in [2.24, 2.45) is 0 Å². The number of hydrogen-bond donors (Lipinski definition) is 1. The number of nitrogens with one attached hydrogen (secondary N) is 1. The van der Waals surface area contributed by atoms with Crippen LogP contribution < -0.4 is 4.72 Å². The van der Waals surface area contributed by atoms with Crippen LogP contribution in [0.2, 0.25) is 0 Å². The molecule has 0 aliphatic rings. The third-order valence-corrected chi connectivity index (χ3v) is 6.95. The summed E-state index contributed by atoms with van der Waals surface area (Å²) >= 11 is 0. The van der Waals surface area contributed by atoms with Crippen LogP contribution in [0.3, 0.4) is 0 Å². The second-order valence-electron chi connectivity index (χ2n) is 7.57. The van der Waals surface area contributed by atoms with E-state index in [0.717, 1.165) is 39.1 Å². The van der Waals surface area contributed by atoms with Gasteiger partial charge >= 0.3 is 0 Å². The smallest absolute Gasteiger partial charge is 0.241 e. The van der Waals surface area contributed by atoms with Crippen LogP contribution in [0.25, 0.3) is 22.4 Å². The lowest BCUT2D eigenvalue weighted by molar-refractivity contribution is 0.573. The topological polar surface area (TPSA) is 64.0 Å². The van der Waals surface area contributed by atoms with E-state index in [-0.39, 0.29) is 6.54 Å². The van der Waals surface area contributed by atoms with Crippen molar-refractivity contribution in [3.8, 4) is 11.4 Å². The molecule has 1 heterocycles.